The lowest BCUT2D eigenvalue weighted by molar-refractivity contribution is -0.113. The molecule has 4 aromatic rings. The van der Waals surface area contributed by atoms with Crippen molar-refractivity contribution in [1.29, 1.82) is 5.26 Å². The molecular weight excluding hydrogens is 634 g/mol. The maximum absolute atomic E-state index is 13.4. The van der Waals surface area contributed by atoms with Crippen LogP contribution in [0.1, 0.15) is 38.6 Å². The Bertz CT molecular complexity index is 1640. The highest BCUT2D eigenvalue weighted by Crippen LogP contribution is 2.37. The van der Waals surface area contributed by atoms with E-state index in [1.165, 1.54) is 0 Å². The standard InChI is InChI=1S/C33H25BrClN3O3S/c34-24-15-17-25(18-16-24)37-31(40)21-42-33(38-32(41)23-11-5-2-6-12-23)28(20-36)27(26-13-7-8-14-29(26)35)19-30(39)22-9-3-1-4-10-22/h1-18,27H,19,21H2,(H,37,40)(H,38,41). The minimum Gasteiger partial charge on any atom is -0.325 e. The van der Waals surface area contributed by atoms with Crippen molar-refractivity contribution in [1.82, 2.24) is 5.32 Å². The van der Waals surface area contributed by atoms with Crippen LogP contribution in [0.15, 0.2) is 124 Å². The molecule has 0 aliphatic carbocycles. The average Bonchev–Trinajstić information content (AvgIpc) is 3.01. The second-order valence-corrected chi connectivity index (χ2v) is 11.4. The first-order valence-electron chi connectivity index (χ1n) is 12.9. The Labute approximate surface area is 261 Å². The SMILES string of the molecule is N#CC(=C(NC(=O)c1ccccc1)SCC(=O)Nc1ccc(Br)cc1)C(CC(=O)c1ccccc1)c1ccccc1Cl. The van der Waals surface area contributed by atoms with Crippen LogP contribution in [0, 0.1) is 11.3 Å². The van der Waals surface area contributed by atoms with Crippen LogP contribution in [0.2, 0.25) is 5.02 Å². The van der Waals surface area contributed by atoms with Crippen molar-refractivity contribution in [2.75, 3.05) is 11.1 Å². The summed E-state index contributed by atoms with van der Waals surface area (Å²) in [6.07, 6.45) is -0.0764. The van der Waals surface area contributed by atoms with Crippen molar-refractivity contribution < 1.29 is 14.4 Å². The number of carbonyl (C=O) groups excluding carboxylic acids is 3. The molecule has 1 unspecified atom stereocenters. The number of allylic oxidation sites excluding steroid dienone is 1. The fourth-order valence-electron chi connectivity index (χ4n) is 4.15. The van der Waals surface area contributed by atoms with E-state index in [4.69, 9.17) is 11.6 Å². The number of thioether (sulfide) groups is 1. The van der Waals surface area contributed by atoms with Gasteiger partial charge >= 0.3 is 0 Å². The fraction of sp³-hybridized carbons (Fsp3) is 0.0909. The Morgan fingerprint density at radius 3 is 2.05 bits per heavy atom. The number of nitrogens with one attached hydrogen (secondary N) is 2. The predicted molar refractivity (Wildman–Crippen MR) is 171 cm³/mol. The first-order valence-corrected chi connectivity index (χ1v) is 15.0. The number of amides is 2. The molecule has 0 saturated carbocycles. The van der Waals surface area contributed by atoms with Gasteiger partial charge in [-0.05, 0) is 48.0 Å². The molecule has 4 rings (SSSR count). The first kappa shape index (κ1) is 30.8. The Kier molecular flexibility index (Phi) is 11.1. The van der Waals surface area contributed by atoms with E-state index in [1.807, 2.05) is 6.07 Å². The molecule has 0 spiro atoms. The normalized spacial score (nSPS) is 11.9. The lowest BCUT2D eigenvalue weighted by Gasteiger charge is -2.21. The Hall–Kier alpha value is -4.16. The van der Waals surface area contributed by atoms with Gasteiger partial charge in [-0.1, -0.05) is 106 Å². The minimum absolute atomic E-state index is 0.0764. The largest absolute Gasteiger partial charge is 0.325 e. The second-order valence-electron chi connectivity index (χ2n) is 9.09. The van der Waals surface area contributed by atoms with E-state index in [0.717, 1.165) is 16.2 Å². The highest BCUT2D eigenvalue weighted by Gasteiger charge is 2.28. The molecule has 2 N–H and O–H groups in total. The molecule has 0 aromatic heterocycles. The number of Topliss-reactive ketones (excluding diaryl/α,β-unsaturated/α-hetero) is 1. The zero-order valence-corrected chi connectivity index (χ0v) is 25.4. The van der Waals surface area contributed by atoms with Crippen molar-refractivity contribution in [2.45, 2.75) is 12.3 Å². The van der Waals surface area contributed by atoms with Gasteiger partial charge in [0, 0.05) is 38.6 Å². The van der Waals surface area contributed by atoms with Crippen LogP contribution in [0.25, 0.3) is 0 Å². The Morgan fingerprint density at radius 2 is 1.43 bits per heavy atom. The highest BCUT2D eigenvalue weighted by atomic mass is 79.9. The molecule has 42 heavy (non-hydrogen) atoms. The van der Waals surface area contributed by atoms with Gasteiger partial charge < -0.3 is 10.6 Å². The molecular formula is C33H25BrClN3O3S. The summed E-state index contributed by atoms with van der Waals surface area (Å²) in [7, 11) is 0. The van der Waals surface area contributed by atoms with E-state index in [-0.39, 0.29) is 34.5 Å². The number of anilines is 1. The molecule has 210 valence electrons. The molecule has 4 aromatic carbocycles. The number of ketones is 1. The molecule has 0 radical (unpaired) electrons. The van der Waals surface area contributed by atoms with Crippen LogP contribution in [0.4, 0.5) is 5.69 Å². The van der Waals surface area contributed by atoms with Gasteiger partial charge in [-0.15, -0.1) is 0 Å². The van der Waals surface area contributed by atoms with Gasteiger partial charge in [-0.25, -0.2) is 0 Å². The molecule has 0 fully saturated rings. The van der Waals surface area contributed by atoms with Crippen LogP contribution >= 0.6 is 39.3 Å². The lowest BCUT2D eigenvalue weighted by Crippen LogP contribution is -2.25. The van der Waals surface area contributed by atoms with Gasteiger partial charge in [0.25, 0.3) is 5.91 Å². The summed E-state index contributed by atoms with van der Waals surface area (Å²) in [5.74, 6) is -1.87. The van der Waals surface area contributed by atoms with Gasteiger partial charge in [0.05, 0.1) is 22.4 Å². The van der Waals surface area contributed by atoms with E-state index in [9.17, 15) is 19.6 Å². The molecule has 0 saturated heterocycles. The number of benzene rings is 4. The zero-order chi connectivity index (χ0) is 29.9. The highest BCUT2D eigenvalue weighted by molar-refractivity contribution is 9.10. The summed E-state index contributed by atoms with van der Waals surface area (Å²) >= 11 is 11.0. The Morgan fingerprint density at radius 1 is 0.833 bits per heavy atom. The maximum atomic E-state index is 13.4. The number of hydrogen-bond acceptors (Lipinski definition) is 5. The molecule has 0 aliphatic heterocycles. The van der Waals surface area contributed by atoms with Crippen molar-refractivity contribution in [3.63, 3.8) is 0 Å². The number of hydrogen-bond donors (Lipinski definition) is 2. The molecule has 9 heteroatoms. The minimum atomic E-state index is -0.787. The molecule has 0 heterocycles. The average molecular weight is 659 g/mol. The number of nitriles is 1. The van der Waals surface area contributed by atoms with Crippen LogP contribution in [-0.4, -0.2) is 23.4 Å². The fourth-order valence-corrected chi connectivity index (χ4v) is 5.54. The first-order chi connectivity index (χ1) is 20.4. The molecule has 0 bridgehead atoms. The van der Waals surface area contributed by atoms with Crippen LogP contribution in [0.5, 0.6) is 0 Å². The predicted octanol–water partition coefficient (Wildman–Crippen LogP) is 8.00. The zero-order valence-electron chi connectivity index (χ0n) is 22.2. The number of halogens is 2. The van der Waals surface area contributed by atoms with Crippen LogP contribution in [0.3, 0.4) is 0 Å². The van der Waals surface area contributed by atoms with Crippen molar-refractivity contribution in [3.05, 3.63) is 146 Å². The smallest absolute Gasteiger partial charge is 0.256 e. The quantitative estimate of drug-likeness (QED) is 0.126. The van der Waals surface area contributed by atoms with Gasteiger partial charge in [0.15, 0.2) is 5.78 Å². The second kappa shape index (κ2) is 15.2. The van der Waals surface area contributed by atoms with Gasteiger partial charge in [0.2, 0.25) is 5.91 Å². The Balaban J connectivity index is 1.72. The third-order valence-corrected chi connectivity index (χ3v) is 8.11. The summed E-state index contributed by atoms with van der Waals surface area (Å²) in [6, 6.07) is 33.6. The molecule has 1 atom stereocenters. The van der Waals surface area contributed by atoms with E-state index in [1.54, 1.807) is 103 Å². The number of nitrogens with zero attached hydrogens (tertiary/aromatic N) is 1. The maximum Gasteiger partial charge on any atom is 0.256 e. The van der Waals surface area contributed by atoms with Crippen LogP contribution in [-0.2, 0) is 4.79 Å². The monoisotopic (exact) mass is 657 g/mol. The lowest BCUT2D eigenvalue weighted by atomic mass is 9.86. The van der Waals surface area contributed by atoms with Crippen molar-refractivity contribution in [2.24, 2.45) is 0 Å². The van der Waals surface area contributed by atoms with Gasteiger partial charge in [0.1, 0.15) is 0 Å². The van der Waals surface area contributed by atoms with Gasteiger partial charge in [-0.3, -0.25) is 14.4 Å². The van der Waals surface area contributed by atoms with E-state index in [0.29, 0.717) is 27.4 Å². The molecule has 2 amide bonds. The molecule has 0 aliphatic rings. The summed E-state index contributed by atoms with van der Waals surface area (Å²) in [5.41, 5.74) is 2.15. The number of rotatable bonds is 11. The van der Waals surface area contributed by atoms with Crippen molar-refractivity contribution in [3.8, 4) is 6.07 Å². The topological polar surface area (TPSA) is 99.1 Å². The van der Waals surface area contributed by atoms with Crippen LogP contribution < -0.4 is 10.6 Å². The van der Waals surface area contributed by atoms with E-state index >= 15 is 0 Å². The molecule has 6 nitrogen and oxygen atoms in total. The third-order valence-electron chi connectivity index (χ3n) is 6.22. The summed E-state index contributed by atoms with van der Waals surface area (Å²) in [5, 5.41) is 16.7. The van der Waals surface area contributed by atoms with Gasteiger partial charge in [-0.2, -0.15) is 5.26 Å². The van der Waals surface area contributed by atoms with E-state index in [2.05, 4.69) is 32.6 Å². The number of carbonyl (C=O) groups is 3. The third kappa shape index (κ3) is 8.43. The summed E-state index contributed by atoms with van der Waals surface area (Å²) in [6.45, 7) is 0. The summed E-state index contributed by atoms with van der Waals surface area (Å²) in [4.78, 5) is 39.5. The van der Waals surface area contributed by atoms with E-state index < -0.39 is 11.8 Å². The van der Waals surface area contributed by atoms with Crippen molar-refractivity contribution >= 4 is 62.6 Å². The summed E-state index contributed by atoms with van der Waals surface area (Å²) < 4.78 is 0.873.